The van der Waals surface area contributed by atoms with Crippen LogP contribution in [0, 0.1) is 5.41 Å². The van der Waals surface area contributed by atoms with Crippen molar-refractivity contribution in [3.63, 3.8) is 0 Å². The summed E-state index contributed by atoms with van der Waals surface area (Å²) in [5.74, 6) is 0. The zero-order chi connectivity index (χ0) is 13.3. The molecule has 0 bridgehead atoms. The molecule has 0 spiro atoms. The summed E-state index contributed by atoms with van der Waals surface area (Å²) in [5, 5.41) is 3.50. The van der Waals surface area contributed by atoms with Gasteiger partial charge in [-0.2, -0.15) is 0 Å². The summed E-state index contributed by atoms with van der Waals surface area (Å²) in [6.07, 6.45) is 6.48. The fourth-order valence-corrected chi connectivity index (χ4v) is 3.64. The number of benzene rings is 1. The van der Waals surface area contributed by atoms with Crippen molar-refractivity contribution in [2.75, 3.05) is 29.9 Å². The lowest BCUT2D eigenvalue weighted by molar-refractivity contribution is 0.301. The van der Waals surface area contributed by atoms with Gasteiger partial charge in [-0.25, -0.2) is 0 Å². The largest absolute Gasteiger partial charge is 0.385 e. The molecule has 2 aliphatic rings. The summed E-state index contributed by atoms with van der Waals surface area (Å²) in [7, 11) is 0. The summed E-state index contributed by atoms with van der Waals surface area (Å²) in [6, 6.07) is 7.00. The minimum Gasteiger partial charge on any atom is -0.385 e. The molecule has 2 nitrogen and oxygen atoms in total. The van der Waals surface area contributed by atoms with E-state index in [0.29, 0.717) is 5.41 Å². The average Bonchev–Trinajstić information content (AvgIpc) is 2.92. The Morgan fingerprint density at radius 3 is 2.84 bits per heavy atom. The van der Waals surface area contributed by atoms with Crippen LogP contribution < -0.4 is 10.2 Å². The van der Waals surface area contributed by atoms with Crippen molar-refractivity contribution in [1.29, 1.82) is 0 Å². The van der Waals surface area contributed by atoms with Gasteiger partial charge in [-0.05, 0) is 61.3 Å². The number of hydrogen-bond donors (Lipinski definition) is 1. The van der Waals surface area contributed by atoms with Gasteiger partial charge in [-0.15, -0.1) is 0 Å². The van der Waals surface area contributed by atoms with E-state index in [2.05, 4.69) is 42.3 Å². The Morgan fingerprint density at radius 2 is 2.11 bits per heavy atom. The Kier molecular flexibility index (Phi) is 3.42. The van der Waals surface area contributed by atoms with Crippen LogP contribution in [0.25, 0.3) is 0 Å². The molecular weight excluding hydrogens is 232 g/mol. The van der Waals surface area contributed by atoms with Crippen molar-refractivity contribution in [2.24, 2.45) is 5.41 Å². The first-order valence-electron chi connectivity index (χ1n) is 7.88. The lowest BCUT2D eigenvalue weighted by atomic mass is 9.82. The van der Waals surface area contributed by atoms with Crippen molar-refractivity contribution in [3.8, 4) is 0 Å². The molecule has 1 fully saturated rings. The molecule has 0 amide bonds. The first-order valence-corrected chi connectivity index (χ1v) is 7.88. The van der Waals surface area contributed by atoms with Crippen LogP contribution in [0.2, 0.25) is 0 Å². The lowest BCUT2D eigenvalue weighted by Gasteiger charge is -2.28. The maximum absolute atomic E-state index is 3.50. The second-order valence-corrected chi connectivity index (χ2v) is 6.25. The highest BCUT2D eigenvalue weighted by molar-refractivity contribution is 5.62. The van der Waals surface area contributed by atoms with Crippen molar-refractivity contribution >= 4 is 11.4 Å². The molecule has 1 saturated heterocycles. The topological polar surface area (TPSA) is 15.3 Å². The molecule has 19 heavy (non-hydrogen) atoms. The van der Waals surface area contributed by atoms with E-state index < -0.39 is 0 Å². The molecule has 2 heteroatoms. The van der Waals surface area contributed by atoms with Gasteiger partial charge in [0.05, 0.1) is 0 Å². The van der Waals surface area contributed by atoms with E-state index in [9.17, 15) is 0 Å². The van der Waals surface area contributed by atoms with Crippen LogP contribution in [-0.4, -0.2) is 19.6 Å². The first kappa shape index (κ1) is 12.8. The Balaban J connectivity index is 1.80. The van der Waals surface area contributed by atoms with Gasteiger partial charge in [-0.1, -0.05) is 13.8 Å². The molecule has 0 radical (unpaired) electrons. The highest BCUT2D eigenvalue weighted by Crippen LogP contribution is 2.39. The summed E-state index contributed by atoms with van der Waals surface area (Å²) >= 11 is 0. The number of anilines is 2. The van der Waals surface area contributed by atoms with Crippen LogP contribution in [-0.2, 0) is 6.42 Å². The van der Waals surface area contributed by atoms with E-state index in [4.69, 9.17) is 0 Å². The summed E-state index contributed by atoms with van der Waals surface area (Å²) in [5.41, 5.74) is 4.86. The third-order valence-corrected chi connectivity index (χ3v) is 5.33. The van der Waals surface area contributed by atoms with E-state index in [1.165, 1.54) is 62.1 Å². The quantitative estimate of drug-likeness (QED) is 0.879. The Hall–Kier alpha value is -1.18. The molecule has 1 aromatic carbocycles. The highest BCUT2D eigenvalue weighted by Gasteiger charge is 2.35. The van der Waals surface area contributed by atoms with E-state index in [1.54, 1.807) is 0 Å². The zero-order valence-electron chi connectivity index (χ0n) is 12.3. The first-order chi connectivity index (χ1) is 9.26. The van der Waals surface area contributed by atoms with E-state index in [-0.39, 0.29) is 0 Å². The number of fused-ring (bicyclic) bond motifs is 1. The van der Waals surface area contributed by atoms with Crippen molar-refractivity contribution < 1.29 is 0 Å². The molecule has 3 rings (SSSR count). The van der Waals surface area contributed by atoms with Gasteiger partial charge >= 0.3 is 0 Å². The van der Waals surface area contributed by atoms with E-state index >= 15 is 0 Å². The van der Waals surface area contributed by atoms with Gasteiger partial charge < -0.3 is 10.2 Å². The lowest BCUT2D eigenvalue weighted by Crippen LogP contribution is -2.26. The smallest absolute Gasteiger partial charge is 0.0374 e. The zero-order valence-corrected chi connectivity index (χ0v) is 12.3. The van der Waals surface area contributed by atoms with Crippen molar-refractivity contribution in [1.82, 2.24) is 0 Å². The second-order valence-electron chi connectivity index (χ2n) is 6.25. The Bertz CT molecular complexity index is 449. The van der Waals surface area contributed by atoms with Crippen LogP contribution in [0.5, 0.6) is 0 Å². The molecule has 0 atom stereocenters. The van der Waals surface area contributed by atoms with Gasteiger partial charge in [0, 0.05) is 31.0 Å². The molecule has 0 saturated carbocycles. The SMILES string of the molecule is CCC1(CC)CCN(c2ccc3c(c2)CCCN3)C1. The van der Waals surface area contributed by atoms with Crippen molar-refractivity contribution in [2.45, 2.75) is 46.0 Å². The third kappa shape index (κ3) is 2.33. The van der Waals surface area contributed by atoms with Crippen LogP contribution in [0.1, 0.15) is 45.1 Å². The number of nitrogens with zero attached hydrogens (tertiary/aromatic N) is 1. The molecule has 104 valence electrons. The van der Waals surface area contributed by atoms with Gasteiger partial charge in [0.2, 0.25) is 0 Å². The fourth-order valence-electron chi connectivity index (χ4n) is 3.64. The predicted molar refractivity (Wildman–Crippen MR) is 83.1 cm³/mol. The average molecular weight is 258 g/mol. The Morgan fingerprint density at radius 1 is 1.26 bits per heavy atom. The van der Waals surface area contributed by atoms with E-state index in [1.807, 2.05) is 0 Å². The predicted octanol–water partition coefficient (Wildman–Crippen LogP) is 4.06. The van der Waals surface area contributed by atoms with Gasteiger partial charge in [0.25, 0.3) is 0 Å². The fraction of sp³-hybridized carbons (Fsp3) is 0.647. The maximum atomic E-state index is 3.50. The van der Waals surface area contributed by atoms with Crippen LogP contribution >= 0.6 is 0 Å². The highest BCUT2D eigenvalue weighted by atomic mass is 15.2. The van der Waals surface area contributed by atoms with Gasteiger partial charge in [0.15, 0.2) is 0 Å². The van der Waals surface area contributed by atoms with Crippen LogP contribution in [0.15, 0.2) is 18.2 Å². The van der Waals surface area contributed by atoms with Crippen LogP contribution in [0.3, 0.4) is 0 Å². The molecule has 0 unspecified atom stereocenters. The van der Waals surface area contributed by atoms with Crippen molar-refractivity contribution in [3.05, 3.63) is 23.8 Å². The van der Waals surface area contributed by atoms with Gasteiger partial charge in [-0.3, -0.25) is 0 Å². The summed E-state index contributed by atoms with van der Waals surface area (Å²) < 4.78 is 0. The number of aryl methyl sites for hydroxylation is 1. The molecule has 0 aromatic heterocycles. The molecular formula is C17H26N2. The molecule has 2 aliphatic heterocycles. The molecule has 1 aromatic rings. The number of rotatable bonds is 3. The third-order valence-electron chi connectivity index (χ3n) is 5.33. The monoisotopic (exact) mass is 258 g/mol. The Labute approximate surface area is 117 Å². The normalized spacial score (nSPS) is 21.1. The number of hydrogen-bond acceptors (Lipinski definition) is 2. The summed E-state index contributed by atoms with van der Waals surface area (Å²) in [6.45, 7) is 8.30. The minimum atomic E-state index is 0.564. The van der Waals surface area contributed by atoms with Gasteiger partial charge in [0.1, 0.15) is 0 Å². The minimum absolute atomic E-state index is 0.564. The molecule has 1 N–H and O–H groups in total. The van der Waals surface area contributed by atoms with Crippen LogP contribution in [0.4, 0.5) is 11.4 Å². The molecule has 2 heterocycles. The maximum Gasteiger partial charge on any atom is 0.0374 e. The van der Waals surface area contributed by atoms with E-state index in [0.717, 1.165) is 6.54 Å². The standard InChI is InChI=1S/C17H26N2/c1-3-17(4-2)9-11-19(13-17)15-7-8-16-14(12-15)6-5-10-18-16/h7-8,12,18H,3-6,9-11,13H2,1-2H3. The number of nitrogens with one attached hydrogen (secondary N) is 1. The second kappa shape index (κ2) is 5.07. The summed E-state index contributed by atoms with van der Waals surface area (Å²) in [4.78, 5) is 2.60. The molecule has 0 aliphatic carbocycles.